The molecule has 4 rings (SSSR count). The number of nitrogens with two attached hydrogens (primary N) is 1. The van der Waals surface area contributed by atoms with Gasteiger partial charge in [-0.1, -0.05) is 47.2 Å². The molecular weight excluding hydrogens is 424 g/mol. The van der Waals surface area contributed by atoms with E-state index in [0.717, 1.165) is 11.1 Å². The summed E-state index contributed by atoms with van der Waals surface area (Å²) in [4.78, 5) is 13.1. The number of rotatable bonds is 7. The van der Waals surface area contributed by atoms with Gasteiger partial charge in [-0.15, -0.1) is 5.10 Å². The molecule has 0 fully saturated rings. The Labute approximate surface area is 189 Å². The molecule has 168 valence electrons. The van der Waals surface area contributed by atoms with Gasteiger partial charge in [0.2, 0.25) is 11.6 Å². The fourth-order valence-electron chi connectivity index (χ4n) is 3.13. The Bertz CT molecular complexity index is 1310. The lowest BCUT2D eigenvalue weighted by atomic mass is 10.1. The van der Waals surface area contributed by atoms with Crippen molar-refractivity contribution in [2.45, 2.75) is 20.8 Å². The predicted molar refractivity (Wildman–Crippen MR) is 121 cm³/mol. The van der Waals surface area contributed by atoms with Gasteiger partial charge in [0.05, 0.1) is 12.3 Å². The maximum absolute atomic E-state index is 13.1. The molecule has 2 heterocycles. The molecule has 3 N–H and O–H groups in total. The van der Waals surface area contributed by atoms with Crippen LogP contribution in [-0.4, -0.2) is 43.5 Å². The Morgan fingerprint density at radius 1 is 1.21 bits per heavy atom. The van der Waals surface area contributed by atoms with Gasteiger partial charge in [-0.3, -0.25) is 4.79 Å². The molecule has 11 heteroatoms. The zero-order chi connectivity index (χ0) is 23.4. The first-order valence-electron chi connectivity index (χ1n) is 10.2. The summed E-state index contributed by atoms with van der Waals surface area (Å²) < 4.78 is 11.6. The molecule has 0 saturated carbocycles. The molecular formula is C22H22N8O3. The summed E-state index contributed by atoms with van der Waals surface area (Å²) in [7, 11) is 0. The van der Waals surface area contributed by atoms with Gasteiger partial charge in [-0.05, 0) is 48.8 Å². The fourth-order valence-corrected chi connectivity index (χ4v) is 3.13. The van der Waals surface area contributed by atoms with Crippen LogP contribution in [0.25, 0.3) is 17.1 Å². The Hall–Kier alpha value is -4.54. The number of nitrogen functional groups attached to an aromatic ring is 1. The van der Waals surface area contributed by atoms with Crippen molar-refractivity contribution >= 4 is 17.4 Å². The Balaban J connectivity index is 1.72. The monoisotopic (exact) mass is 446 g/mol. The first-order valence-corrected chi connectivity index (χ1v) is 10.2. The van der Waals surface area contributed by atoms with Gasteiger partial charge in [0.25, 0.3) is 5.91 Å². The first-order chi connectivity index (χ1) is 16.0. The van der Waals surface area contributed by atoms with E-state index in [0.29, 0.717) is 29.3 Å². The third-order valence-corrected chi connectivity index (χ3v) is 4.79. The number of hydrazone groups is 1. The van der Waals surface area contributed by atoms with Crippen molar-refractivity contribution in [1.29, 1.82) is 0 Å². The second kappa shape index (κ2) is 9.30. The molecule has 2 aromatic carbocycles. The summed E-state index contributed by atoms with van der Waals surface area (Å²) >= 11 is 0. The quantitative estimate of drug-likeness (QED) is 0.325. The summed E-state index contributed by atoms with van der Waals surface area (Å²) in [6.45, 7) is 6.17. The van der Waals surface area contributed by atoms with Crippen molar-refractivity contribution in [3.63, 3.8) is 0 Å². The number of anilines is 1. The topological polar surface area (TPSA) is 146 Å². The maximum Gasteiger partial charge on any atom is 0.294 e. The van der Waals surface area contributed by atoms with E-state index in [4.69, 9.17) is 15.1 Å². The van der Waals surface area contributed by atoms with E-state index in [1.54, 1.807) is 25.1 Å². The lowest BCUT2D eigenvalue weighted by Gasteiger charge is -2.08. The van der Waals surface area contributed by atoms with Gasteiger partial charge in [0.1, 0.15) is 11.4 Å². The van der Waals surface area contributed by atoms with Gasteiger partial charge in [-0.25, -0.2) is 10.1 Å². The van der Waals surface area contributed by atoms with Crippen LogP contribution < -0.4 is 15.9 Å². The molecule has 0 aliphatic carbocycles. The van der Waals surface area contributed by atoms with Crippen LogP contribution in [0.4, 0.5) is 5.82 Å². The molecule has 0 saturated heterocycles. The summed E-state index contributed by atoms with van der Waals surface area (Å²) in [5.74, 6) is 0.174. The van der Waals surface area contributed by atoms with Crippen LogP contribution in [-0.2, 0) is 0 Å². The Morgan fingerprint density at radius 2 is 2.00 bits per heavy atom. The van der Waals surface area contributed by atoms with Gasteiger partial charge in [0, 0.05) is 5.56 Å². The molecule has 0 unspecified atom stereocenters. The largest absolute Gasteiger partial charge is 0.494 e. The van der Waals surface area contributed by atoms with E-state index in [1.807, 2.05) is 44.2 Å². The molecule has 1 amide bonds. The number of carbonyl (C=O) groups excluding carboxylic acids is 1. The molecule has 33 heavy (non-hydrogen) atoms. The highest BCUT2D eigenvalue weighted by Crippen LogP contribution is 2.29. The minimum absolute atomic E-state index is 0.00214. The molecule has 0 radical (unpaired) electrons. The Kier molecular flexibility index (Phi) is 6.11. The van der Waals surface area contributed by atoms with Crippen LogP contribution in [0.1, 0.15) is 35.5 Å². The summed E-state index contributed by atoms with van der Waals surface area (Å²) in [5, 5.41) is 19.7. The minimum Gasteiger partial charge on any atom is -0.494 e. The summed E-state index contributed by atoms with van der Waals surface area (Å²) in [6, 6.07) is 15.0. The highest BCUT2D eigenvalue weighted by atomic mass is 16.6. The molecule has 0 aliphatic rings. The van der Waals surface area contributed by atoms with E-state index < -0.39 is 5.91 Å². The third kappa shape index (κ3) is 4.56. The van der Waals surface area contributed by atoms with Crippen molar-refractivity contribution in [3.05, 3.63) is 65.4 Å². The van der Waals surface area contributed by atoms with Crippen molar-refractivity contribution < 1.29 is 14.2 Å². The zero-order valence-electron chi connectivity index (χ0n) is 18.3. The Morgan fingerprint density at radius 3 is 2.70 bits per heavy atom. The van der Waals surface area contributed by atoms with Crippen LogP contribution in [0, 0.1) is 6.92 Å². The highest BCUT2D eigenvalue weighted by molar-refractivity contribution is 6.02. The molecule has 0 atom stereocenters. The molecule has 0 bridgehead atoms. The van der Waals surface area contributed by atoms with Crippen LogP contribution in [0.5, 0.6) is 5.75 Å². The van der Waals surface area contributed by atoms with Crippen LogP contribution >= 0.6 is 0 Å². The molecule has 11 nitrogen and oxygen atoms in total. The van der Waals surface area contributed by atoms with Gasteiger partial charge >= 0.3 is 0 Å². The predicted octanol–water partition coefficient (Wildman–Crippen LogP) is 2.76. The zero-order valence-corrected chi connectivity index (χ0v) is 18.3. The maximum atomic E-state index is 13.1. The second-order valence-electron chi connectivity index (χ2n) is 7.14. The number of hydrogen-bond acceptors (Lipinski definition) is 9. The van der Waals surface area contributed by atoms with Crippen molar-refractivity contribution in [3.8, 4) is 22.8 Å². The van der Waals surface area contributed by atoms with Crippen LogP contribution in [0.15, 0.2) is 58.3 Å². The second-order valence-corrected chi connectivity index (χ2v) is 7.14. The number of aryl methyl sites for hydroxylation is 1. The van der Waals surface area contributed by atoms with E-state index in [1.165, 1.54) is 4.68 Å². The van der Waals surface area contributed by atoms with Gasteiger partial charge < -0.3 is 10.5 Å². The number of carbonyl (C=O) groups is 1. The molecule has 2 aromatic heterocycles. The third-order valence-electron chi connectivity index (χ3n) is 4.79. The number of hydrogen-bond donors (Lipinski definition) is 2. The number of amides is 1. The number of benzene rings is 2. The van der Waals surface area contributed by atoms with E-state index in [-0.39, 0.29) is 17.3 Å². The normalized spacial score (nSPS) is 11.4. The lowest BCUT2D eigenvalue weighted by molar-refractivity contribution is 0.0950. The first kappa shape index (κ1) is 21.7. The van der Waals surface area contributed by atoms with Crippen molar-refractivity contribution in [2.24, 2.45) is 5.10 Å². The number of nitrogens with zero attached hydrogens (tertiary/aromatic N) is 6. The van der Waals surface area contributed by atoms with Crippen LogP contribution in [0.3, 0.4) is 0 Å². The van der Waals surface area contributed by atoms with Crippen LogP contribution in [0.2, 0.25) is 0 Å². The van der Waals surface area contributed by atoms with Crippen molar-refractivity contribution in [1.82, 2.24) is 30.7 Å². The average Bonchev–Trinajstić information content (AvgIpc) is 3.44. The minimum atomic E-state index is -0.556. The highest BCUT2D eigenvalue weighted by Gasteiger charge is 2.25. The van der Waals surface area contributed by atoms with E-state index in [9.17, 15) is 4.79 Å². The summed E-state index contributed by atoms with van der Waals surface area (Å²) in [5.41, 5.74) is 12.0. The number of ether oxygens (including phenoxy) is 1. The standard InChI is InChI=1S/C22H22N8O3/c1-4-32-17-7-5-6-16(12-17)19-18(25-29-30(19)21-20(23)27-33-28-21)22(31)26-24-14(3)15-10-8-13(2)9-11-15/h5-12H,4H2,1-3H3,(H2,23,27)(H,26,31). The smallest absolute Gasteiger partial charge is 0.294 e. The number of aromatic nitrogens is 5. The molecule has 0 spiro atoms. The lowest BCUT2D eigenvalue weighted by Crippen LogP contribution is -2.21. The van der Waals surface area contributed by atoms with Crippen molar-refractivity contribution in [2.75, 3.05) is 12.3 Å². The van der Waals surface area contributed by atoms with Gasteiger partial charge in [0.15, 0.2) is 5.69 Å². The fraction of sp³-hybridized carbons (Fsp3) is 0.182. The summed E-state index contributed by atoms with van der Waals surface area (Å²) in [6.07, 6.45) is 0. The molecule has 0 aliphatic heterocycles. The average molecular weight is 446 g/mol. The SMILES string of the molecule is CCOc1cccc(-c2c(C(=O)NN=C(C)c3ccc(C)cc3)nnn2-c2nonc2N)c1. The van der Waals surface area contributed by atoms with E-state index in [2.05, 4.69) is 31.2 Å². The van der Waals surface area contributed by atoms with Gasteiger partial charge in [-0.2, -0.15) is 9.78 Å². The number of nitrogens with one attached hydrogen (secondary N) is 1. The van der Waals surface area contributed by atoms with E-state index >= 15 is 0 Å². The molecule has 4 aromatic rings.